The molecule has 2 aromatic heterocycles. The van der Waals surface area contributed by atoms with E-state index >= 15 is 0 Å². The van der Waals surface area contributed by atoms with Crippen LogP contribution < -0.4 is 4.72 Å². The number of hydrogen-bond donors (Lipinski definition) is 1. The third-order valence-corrected chi connectivity index (χ3v) is 4.76. The van der Waals surface area contributed by atoms with Crippen LogP contribution in [0.15, 0.2) is 36.5 Å². The largest absolute Gasteiger partial charge is 0.237 e. The molecule has 0 amide bonds. The van der Waals surface area contributed by atoms with Crippen molar-refractivity contribution in [3.8, 4) is 5.82 Å². The van der Waals surface area contributed by atoms with Gasteiger partial charge in [-0.15, -0.1) is 0 Å². The van der Waals surface area contributed by atoms with E-state index in [9.17, 15) is 8.42 Å². The quantitative estimate of drug-likeness (QED) is 0.867. The summed E-state index contributed by atoms with van der Waals surface area (Å²) in [6.07, 6.45) is 7.62. The van der Waals surface area contributed by atoms with E-state index in [4.69, 9.17) is 0 Å². The fourth-order valence-corrected chi connectivity index (χ4v) is 3.89. The molecule has 0 saturated heterocycles. The maximum atomic E-state index is 11.4. The Hall–Kier alpha value is -1.99. The Bertz CT molecular complexity index is 840. The van der Waals surface area contributed by atoms with Crippen molar-refractivity contribution in [2.45, 2.75) is 32.2 Å². The molecule has 0 radical (unpaired) electrons. The van der Waals surface area contributed by atoms with Gasteiger partial charge in [0, 0.05) is 29.4 Å². The van der Waals surface area contributed by atoms with Crippen LogP contribution in [0.5, 0.6) is 0 Å². The maximum Gasteiger partial charge on any atom is 0.209 e. The van der Waals surface area contributed by atoms with Gasteiger partial charge in [0.05, 0.1) is 11.9 Å². The molecule has 7 heteroatoms. The molecule has 6 nitrogen and oxygen atoms in total. The van der Waals surface area contributed by atoms with E-state index in [1.165, 1.54) is 6.26 Å². The number of allylic oxidation sites excluding steroid dienone is 1. The molecule has 23 heavy (non-hydrogen) atoms. The molecule has 0 saturated carbocycles. The lowest BCUT2D eigenvalue weighted by Crippen LogP contribution is -2.31. The molecule has 0 aliphatic heterocycles. The summed E-state index contributed by atoms with van der Waals surface area (Å²) in [6, 6.07) is 5.56. The zero-order valence-electron chi connectivity index (χ0n) is 13.4. The van der Waals surface area contributed by atoms with Gasteiger partial charge < -0.3 is 0 Å². The van der Waals surface area contributed by atoms with Gasteiger partial charge in [-0.05, 0) is 32.4 Å². The minimum absolute atomic E-state index is 0.159. The summed E-state index contributed by atoms with van der Waals surface area (Å²) in [5, 5.41) is 4.61. The minimum Gasteiger partial charge on any atom is -0.237 e. The second-order valence-electron chi connectivity index (χ2n) is 5.91. The Labute approximate surface area is 136 Å². The molecule has 2 atom stereocenters. The van der Waals surface area contributed by atoms with Crippen LogP contribution in [0.2, 0.25) is 0 Å². The van der Waals surface area contributed by atoms with Gasteiger partial charge >= 0.3 is 0 Å². The normalized spacial score (nSPS) is 21.0. The molecule has 0 fully saturated rings. The van der Waals surface area contributed by atoms with Gasteiger partial charge in [0.15, 0.2) is 5.82 Å². The molecule has 3 rings (SSSR count). The highest BCUT2D eigenvalue weighted by molar-refractivity contribution is 7.88. The zero-order valence-corrected chi connectivity index (χ0v) is 14.2. The van der Waals surface area contributed by atoms with E-state index in [1.807, 2.05) is 42.8 Å². The Morgan fingerprint density at radius 1 is 1.26 bits per heavy atom. The van der Waals surface area contributed by atoms with E-state index in [0.717, 1.165) is 22.8 Å². The van der Waals surface area contributed by atoms with Crippen molar-refractivity contribution >= 4 is 10.0 Å². The van der Waals surface area contributed by atoms with E-state index in [2.05, 4.69) is 20.9 Å². The first-order valence-electron chi connectivity index (χ1n) is 7.48. The first-order chi connectivity index (χ1) is 10.8. The Morgan fingerprint density at radius 3 is 2.70 bits per heavy atom. The summed E-state index contributed by atoms with van der Waals surface area (Å²) in [5.74, 6) is 0.943. The van der Waals surface area contributed by atoms with Gasteiger partial charge in [-0.1, -0.05) is 18.2 Å². The molecule has 0 spiro atoms. The van der Waals surface area contributed by atoms with Crippen LogP contribution in [-0.4, -0.2) is 35.5 Å². The van der Waals surface area contributed by atoms with Crippen molar-refractivity contribution in [1.82, 2.24) is 19.5 Å². The van der Waals surface area contributed by atoms with Crippen molar-refractivity contribution in [3.05, 3.63) is 53.5 Å². The van der Waals surface area contributed by atoms with Crippen LogP contribution in [0.3, 0.4) is 0 Å². The Kier molecular flexibility index (Phi) is 4.08. The van der Waals surface area contributed by atoms with Gasteiger partial charge in [0.25, 0.3) is 0 Å². The fraction of sp³-hybridized carbons (Fsp3) is 0.375. The molecule has 0 unspecified atom stereocenters. The molecule has 2 aromatic rings. The average molecular weight is 332 g/mol. The summed E-state index contributed by atoms with van der Waals surface area (Å²) in [5.41, 5.74) is 3.13. The second-order valence-corrected chi connectivity index (χ2v) is 7.69. The molecule has 0 aromatic carbocycles. The van der Waals surface area contributed by atoms with E-state index in [0.29, 0.717) is 6.42 Å². The second kappa shape index (κ2) is 5.90. The van der Waals surface area contributed by atoms with E-state index in [1.54, 1.807) is 6.20 Å². The minimum atomic E-state index is -3.20. The molecule has 1 aliphatic rings. The highest BCUT2D eigenvalue weighted by Crippen LogP contribution is 2.33. The summed E-state index contributed by atoms with van der Waals surface area (Å²) >= 11 is 0. The number of nitrogens with one attached hydrogen (secondary N) is 1. The van der Waals surface area contributed by atoms with Crippen molar-refractivity contribution in [1.29, 1.82) is 0 Å². The highest BCUT2D eigenvalue weighted by atomic mass is 32.2. The molecule has 122 valence electrons. The average Bonchev–Trinajstić information content (AvgIpc) is 3.02. The van der Waals surface area contributed by atoms with Gasteiger partial charge in [-0.2, -0.15) is 5.10 Å². The van der Waals surface area contributed by atoms with Crippen LogP contribution >= 0.6 is 0 Å². The van der Waals surface area contributed by atoms with Crippen LogP contribution in [-0.2, 0) is 10.0 Å². The summed E-state index contributed by atoms with van der Waals surface area (Å²) in [6.45, 7) is 4.00. The van der Waals surface area contributed by atoms with Gasteiger partial charge in [0.2, 0.25) is 10.0 Å². The number of aromatic nitrogens is 3. The first kappa shape index (κ1) is 15.9. The topological polar surface area (TPSA) is 76.9 Å². The maximum absolute atomic E-state index is 11.4. The fourth-order valence-electron chi connectivity index (χ4n) is 3.17. The molecule has 1 aliphatic carbocycles. The smallest absolute Gasteiger partial charge is 0.209 e. The number of rotatable bonds is 4. The number of sulfonamides is 1. The number of nitrogens with zero attached hydrogens (tertiary/aromatic N) is 3. The van der Waals surface area contributed by atoms with Gasteiger partial charge in [-0.25, -0.2) is 22.8 Å². The van der Waals surface area contributed by atoms with Crippen LogP contribution in [0.25, 0.3) is 5.82 Å². The van der Waals surface area contributed by atoms with Crippen molar-refractivity contribution < 1.29 is 8.42 Å². The molecule has 2 heterocycles. The number of hydrogen-bond acceptors (Lipinski definition) is 4. The lowest BCUT2D eigenvalue weighted by atomic mass is 9.96. The van der Waals surface area contributed by atoms with Crippen molar-refractivity contribution in [2.75, 3.05) is 6.26 Å². The Morgan fingerprint density at radius 2 is 2.04 bits per heavy atom. The van der Waals surface area contributed by atoms with Crippen LogP contribution in [0, 0.1) is 13.8 Å². The van der Waals surface area contributed by atoms with Crippen LogP contribution in [0.1, 0.15) is 29.3 Å². The molecule has 1 N–H and O–H groups in total. The highest BCUT2D eigenvalue weighted by Gasteiger charge is 2.27. The monoisotopic (exact) mass is 332 g/mol. The summed E-state index contributed by atoms with van der Waals surface area (Å²) < 4.78 is 27.3. The standard InChI is InChI=1S/C16H20N4O2S/c1-11-16(13-7-8-14(10-13)19-23(3,21)22)12(2)20(18-11)15-6-4-5-9-17-15/h4-9,13-14,19H,10H2,1-3H3/t13-,14+/m0/s1. The molecular formula is C16H20N4O2S. The molecule has 0 bridgehead atoms. The SMILES string of the molecule is Cc1nn(-c2ccccn2)c(C)c1[C@H]1C=C[C@@H](NS(C)(=O)=O)C1. The summed E-state index contributed by atoms with van der Waals surface area (Å²) in [7, 11) is -3.20. The third-order valence-electron chi connectivity index (χ3n) is 4.03. The number of pyridine rings is 1. The van der Waals surface area contributed by atoms with E-state index in [-0.39, 0.29) is 12.0 Å². The molecular weight excluding hydrogens is 312 g/mol. The van der Waals surface area contributed by atoms with Gasteiger partial charge in [-0.3, -0.25) is 0 Å². The van der Waals surface area contributed by atoms with Crippen molar-refractivity contribution in [2.24, 2.45) is 0 Å². The van der Waals surface area contributed by atoms with Gasteiger partial charge in [0.1, 0.15) is 0 Å². The number of aryl methyl sites for hydroxylation is 1. The van der Waals surface area contributed by atoms with Crippen molar-refractivity contribution in [3.63, 3.8) is 0 Å². The lowest BCUT2D eigenvalue weighted by Gasteiger charge is -2.13. The lowest BCUT2D eigenvalue weighted by molar-refractivity contribution is 0.569. The van der Waals surface area contributed by atoms with Crippen LogP contribution in [0.4, 0.5) is 0 Å². The third kappa shape index (κ3) is 3.35. The predicted octanol–water partition coefficient (Wildman–Crippen LogP) is 1.85. The summed E-state index contributed by atoms with van der Waals surface area (Å²) in [4.78, 5) is 4.35. The van der Waals surface area contributed by atoms with E-state index < -0.39 is 10.0 Å². The zero-order chi connectivity index (χ0) is 16.6. The first-order valence-corrected chi connectivity index (χ1v) is 9.37. The Balaban J connectivity index is 1.88. The predicted molar refractivity (Wildman–Crippen MR) is 89.1 cm³/mol.